The summed E-state index contributed by atoms with van der Waals surface area (Å²) in [5.41, 5.74) is 1.12. The lowest BCUT2D eigenvalue weighted by Gasteiger charge is -2.26. The van der Waals surface area contributed by atoms with Crippen molar-refractivity contribution in [3.05, 3.63) is 47.5 Å². The number of rotatable bonds is 8. The Morgan fingerprint density at radius 3 is 2.75 bits per heavy atom. The summed E-state index contributed by atoms with van der Waals surface area (Å²) in [6.07, 6.45) is 2.28. The largest absolute Gasteiger partial charge is 0.493 e. The van der Waals surface area contributed by atoms with Gasteiger partial charge in [0.05, 0.1) is 43.2 Å². The molecule has 1 fully saturated rings. The van der Waals surface area contributed by atoms with Gasteiger partial charge in [0.2, 0.25) is 0 Å². The van der Waals surface area contributed by atoms with Gasteiger partial charge in [0.25, 0.3) is 0 Å². The Bertz CT molecular complexity index is 1080. The van der Waals surface area contributed by atoms with Crippen LogP contribution in [0.3, 0.4) is 0 Å². The van der Waals surface area contributed by atoms with E-state index in [9.17, 15) is 4.39 Å². The molecule has 8 nitrogen and oxygen atoms in total. The summed E-state index contributed by atoms with van der Waals surface area (Å²) in [7, 11) is 1.58. The Morgan fingerprint density at radius 1 is 1.19 bits per heavy atom. The number of fused-ring (bicyclic) bond motifs is 1. The minimum atomic E-state index is -0.520. The number of aromatic nitrogens is 2. The predicted molar refractivity (Wildman–Crippen MR) is 121 cm³/mol. The quantitative estimate of drug-likeness (QED) is 0.310. The first kappa shape index (κ1) is 22.5. The molecule has 3 aromatic rings. The summed E-state index contributed by atoms with van der Waals surface area (Å²) in [4.78, 5) is 11.0. The van der Waals surface area contributed by atoms with Crippen molar-refractivity contribution in [3.63, 3.8) is 0 Å². The van der Waals surface area contributed by atoms with Gasteiger partial charge in [0.1, 0.15) is 12.1 Å². The number of halogens is 2. The summed E-state index contributed by atoms with van der Waals surface area (Å²) in [6.45, 7) is 4.91. The molecule has 1 aliphatic heterocycles. The van der Waals surface area contributed by atoms with E-state index in [0.29, 0.717) is 40.5 Å². The molecule has 0 spiro atoms. The smallest absolute Gasteiger partial charge is 0.162 e. The van der Waals surface area contributed by atoms with Crippen molar-refractivity contribution < 1.29 is 18.6 Å². The SMILES string of the molecule is COc1cc2ncnc(N(N)c3ccc(F)c(Cl)c3)c2cc1OCCCN1CCOCC1. The molecule has 0 saturated carbocycles. The molecular formula is C22H25ClFN5O3. The average Bonchev–Trinajstić information content (AvgIpc) is 2.83. The Balaban J connectivity index is 1.56. The summed E-state index contributed by atoms with van der Waals surface area (Å²) in [5.74, 6) is 7.35. The van der Waals surface area contributed by atoms with E-state index in [2.05, 4.69) is 14.9 Å². The first-order valence-corrected chi connectivity index (χ1v) is 10.7. The molecule has 2 heterocycles. The molecule has 4 rings (SSSR count). The molecule has 170 valence electrons. The molecule has 2 N–H and O–H groups in total. The highest BCUT2D eigenvalue weighted by molar-refractivity contribution is 6.31. The molecule has 0 aliphatic carbocycles. The number of ether oxygens (including phenoxy) is 3. The van der Waals surface area contributed by atoms with E-state index in [1.165, 1.54) is 29.5 Å². The number of morpholine rings is 1. The van der Waals surface area contributed by atoms with Gasteiger partial charge in [0.15, 0.2) is 17.3 Å². The zero-order valence-corrected chi connectivity index (χ0v) is 18.5. The molecule has 1 aromatic heterocycles. The van der Waals surface area contributed by atoms with Crippen LogP contribution in [0.1, 0.15) is 6.42 Å². The molecular weight excluding hydrogens is 437 g/mol. The lowest BCUT2D eigenvalue weighted by atomic mass is 10.2. The fourth-order valence-corrected chi connectivity index (χ4v) is 3.74. The molecule has 1 aliphatic rings. The predicted octanol–water partition coefficient (Wildman–Crippen LogP) is 3.54. The summed E-state index contributed by atoms with van der Waals surface area (Å²) < 4.78 is 30.5. The van der Waals surface area contributed by atoms with Crippen molar-refractivity contribution in [1.82, 2.24) is 14.9 Å². The minimum absolute atomic E-state index is 0.0257. The second-order valence-corrected chi connectivity index (χ2v) is 7.75. The third kappa shape index (κ3) is 5.02. The van der Waals surface area contributed by atoms with Crippen molar-refractivity contribution >= 4 is 34.0 Å². The number of hydrogen-bond donors (Lipinski definition) is 1. The lowest BCUT2D eigenvalue weighted by molar-refractivity contribution is 0.0357. The van der Waals surface area contributed by atoms with Crippen molar-refractivity contribution in [3.8, 4) is 11.5 Å². The first-order valence-electron chi connectivity index (χ1n) is 10.3. The van der Waals surface area contributed by atoms with Gasteiger partial charge < -0.3 is 14.2 Å². The third-order valence-electron chi connectivity index (χ3n) is 5.29. The molecule has 0 radical (unpaired) electrons. The van der Waals surface area contributed by atoms with E-state index in [1.807, 2.05) is 6.07 Å². The molecule has 0 atom stereocenters. The molecule has 0 bridgehead atoms. The lowest BCUT2D eigenvalue weighted by Crippen LogP contribution is -2.37. The van der Waals surface area contributed by atoms with Crippen LogP contribution in [0.4, 0.5) is 15.9 Å². The third-order valence-corrected chi connectivity index (χ3v) is 5.58. The van der Waals surface area contributed by atoms with Crippen LogP contribution in [0.25, 0.3) is 10.9 Å². The average molecular weight is 462 g/mol. The Kier molecular flexibility index (Phi) is 7.21. The van der Waals surface area contributed by atoms with E-state index in [1.54, 1.807) is 13.2 Å². The minimum Gasteiger partial charge on any atom is -0.493 e. The second-order valence-electron chi connectivity index (χ2n) is 7.34. The number of hydrogen-bond acceptors (Lipinski definition) is 8. The Morgan fingerprint density at radius 2 is 2.00 bits per heavy atom. The van der Waals surface area contributed by atoms with Gasteiger partial charge >= 0.3 is 0 Å². The Labute approximate surface area is 190 Å². The van der Waals surface area contributed by atoms with Crippen LogP contribution in [0.15, 0.2) is 36.7 Å². The maximum absolute atomic E-state index is 13.6. The van der Waals surface area contributed by atoms with Crippen molar-refractivity contribution in [2.75, 3.05) is 51.6 Å². The molecule has 2 aromatic carbocycles. The molecule has 1 saturated heterocycles. The molecule has 0 unspecified atom stereocenters. The van der Waals surface area contributed by atoms with Crippen molar-refractivity contribution in [2.24, 2.45) is 5.84 Å². The standard InChI is InChI=1S/C22H25ClFN5O3/c1-30-20-13-19-16(12-21(20)32-8-2-5-28-6-9-31-10-7-28)22(27-14-26-19)29(25)15-3-4-18(24)17(23)11-15/h3-4,11-14H,2,5-10,25H2,1H3. The molecule has 0 amide bonds. The van der Waals surface area contributed by atoms with E-state index in [4.69, 9.17) is 31.7 Å². The fourth-order valence-electron chi connectivity index (χ4n) is 3.57. The van der Waals surface area contributed by atoms with E-state index >= 15 is 0 Å². The summed E-state index contributed by atoms with van der Waals surface area (Å²) >= 11 is 5.92. The van der Waals surface area contributed by atoms with E-state index in [0.717, 1.165) is 39.3 Å². The molecule has 32 heavy (non-hydrogen) atoms. The van der Waals surface area contributed by atoms with Crippen LogP contribution in [-0.4, -0.2) is 61.4 Å². The van der Waals surface area contributed by atoms with E-state index < -0.39 is 5.82 Å². The van der Waals surface area contributed by atoms with Gasteiger partial charge in [-0.3, -0.25) is 9.91 Å². The van der Waals surface area contributed by atoms with Gasteiger partial charge in [0, 0.05) is 31.1 Å². The number of methoxy groups -OCH3 is 1. The zero-order valence-electron chi connectivity index (χ0n) is 17.8. The zero-order chi connectivity index (χ0) is 22.5. The topological polar surface area (TPSA) is 86.0 Å². The van der Waals surface area contributed by atoms with Crippen LogP contribution in [0, 0.1) is 5.82 Å². The highest BCUT2D eigenvalue weighted by Crippen LogP contribution is 2.36. The highest BCUT2D eigenvalue weighted by atomic mass is 35.5. The van der Waals surface area contributed by atoms with Crippen LogP contribution in [0.2, 0.25) is 5.02 Å². The summed E-state index contributed by atoms with van der Waals surface area (Å²) in [5, 5.41) is 1.98. The van der Waals surface area contributed by atoms with Crippen molar-refractivity contribution in [2.45, 2.75) is 6.42 Å². The normalized spacial score (nSPS) is 14.5. The van der Waals surface area contributed by atoms with E-state index in [-0.39, 0.29) is 5.02 Å². The summed E-state index contributed by atoms with van der Waals surface area (Å²) in [6, 6.07) is 7.82. The first-order chi connectivity index (χ1) is 15.6. The number of nitrogens with two attached hydrogens (primary N) is 1. The van der Waals surface area contributed by atoms with Gasteiger partial charge in [-0.2, -0.15) is 0 Å². The monoisotopic (exact) mass is 461 g/mol. The number of nitrogens with zero attached hydrogens (tertiary/aromatic N) is 4. The van der Waals surface area contributed by atoms with Crippen LogP contribution in [0.5, 0.6) is 11.5 Å². The van der Waals surface area contributed by atoms with Crippen LogP contribution in [-0.2, 0) is 4.74 Å². The second kappa shape index (κ2) is 10.3. The van der Waals surface area contributed by atoms with Crippen LogP contribution >= 0.6 is 11.6 Å². The van der Waals surface area contributed by atoms with Gasteiger partial charge in [-0.05, 0) is 30.7 Å². The maximum Gasteiger partial charge on any atom is 0.162 e. The number of benzene rings is 2. The molecule has 10 heteroatoms. The Hall–Kier alpha value is -2.72. The van der Waals surface area contributed by atoms with Gasteiger partial charge in [-0.15, -0.1) is 0 Å². The van der Waals surface area contributed by atoms with Gasteiger partial charge in [-0.25, -0.2) is 20.2 Å². The van der Waals surface area contributed by atoms with Gasteiger partial charge in [-0.1, -0.05) is 11.6 Å². The van der Waals surface area contributed by atoms with Crippen LogP contribution < -0.4 is 20.3 Å². The number of anilines is 2. The fraction of sp³-hybridized carbons (Fsp3) is 0.364. The highest BCUT2D eigenvalue weighted by Gasteiger charge is 2.17. The number of hydrazine groups is 1. The van der Waals surface area contributed by atoms with Crippen molar-refractivity contribution in [1.29, 1.82) is 0 Å². The maximum atomic E-state index is 13.6.